The van der Waals surface area contributed by atoms with Crippen molar-refractivity contribution in [1.29, 1.82) is 0 Å². The summed E-state index contributed by atoms with van der Waals surface area (Å²) < 4.78 is 5.54. The molecule has 1 amide bonds. The van der Waals surface area contributed by atoms with Gasteiger partial charge in [-0.3, -0.25) is 0 Å². The van der Waals surface area contributed by atoms with Crippen LogP contribution >= 0.6 is 0 Å². The van der Waals surface area contributed by atoms with Gasteiger partial charge in [0.1, 0.15) is 5.76 Å². The molecule has 0 heterocycles. The molecule has 0 fully saturated rings. The number of rotatable bonds is 4. The maximum atomic E-state index is 12.3. The molecule has 0 aliphatic heterocycles. The van der Waals surface area contributed by atoms with Gasteiger partial charge in [0.25, 0.3) is 0 Å². The van der Waals surface area contributed by atoms with Gasteiger partial charge >= 0.3 is 6.09 Å². The molecular formula is C16H29NO3. The average Bonchev–Trinajstić information content (AvgIpc) is 2.26. The van der Waals surface area contributed by atoms with E-state index in [0.717, 1.165) is 19.3 Å². The second-order valence-electron chi connectivity index (χ2n) is 6.75. The predicted octanol–water partition coefficient (Wildman–Crippen LogP) is 3.70. The van der Waals surface area contributed by atoms with Gasteiger partial charge in [0, 0.05) is 24.4 Å². The zero-order valence-electron chi connectivity index (χ0n) is 13.6. The Balaban J connectivity index is 2.77. The minimum atomic E-state index is -0.770. The quantitative estimate of drug-likeness (QED) is 0.856. The van der Waals surface area contributed by atoms with Crippen molar-refractivity contribution >= 4 is 6.09 Å². The summed E-state index contributed by atoms with van der Waals surface area (Å²) in [6.45, 7) is 11.5. The highest BCUT2D eigenvalue weighted by Gasteiger charge is 2.30. The lowest BCUT2D eigenvalue weighted by Gasteiger charge is -2.33. The molecule has 116 valence electrons. The molecular weight excluding hydrogens is 254 g/mol. The van der Waals surface area contributed by atoms with Crippen LogP contribution in [0.1, 0.15) is 60.8 Å². The van der Waals surface area contributed by atoms with E-state index < -0.39 is 5.60 Å². The molecule has 4 heteroatoms. The van der Waals surface area contributed by atoms with Crippen molar-refractivity contribution in [1.82, 2.24) is 4.90 Å². The van der Waals surface area contributed by atoms with Crippen molar-refractivity contribution in [2.75, 3.05) is 0 Å². The molecule has 1 rings (SSSR count). The summed E-state index contributed by atoms with van der Waals surface area (Å²) >= 11 is 0. The van der Waals surface area contributed by atoms with Gasteiger partial charge in [-0.15, -0.1) is 0 Å². The smallest absolute Gasteiger partial charge is 0.415 e. The SMILES string of the molecule is CC(C)N(C(=O)OC1=CC(C(C)(C)O)CCC1)C(C)C. The maximum absolute atomic E-state index is 12.3. The van der Waals surface area contributed by atoms with Gasteiger partial charge in [0.05, 0.1) is 5.60 Å². The molecule has 1 unspecified atom stereocenters. The maximum Gasteiger partial charge on any atom is 0.415 e. The van der Waals surface area contributed by atoms with E-state index in [1.54, 1.807) is 18.7 Å². The molecule has 0 aromatic carbocycles. The number of hydrogen-bond acceptors (Lipinski definition) is 3. The molecule has 1 aliphatic carbocycles. The molecule has 0 aromatic rings. The summed E-state index contributed by atoms with van der Waals surface area (Å²) in [5.41, 5.74) is -0.770. The lowest BCUT2D eigenvalue weighted by molar-refractivity contribution is 0.0263. The number of nitrogens with zero attached hydrogens (tertiary/aromatic N) is 1. The van der Waals surface area contributed by atoms with Crippen LogP contribution in [-0.2, 0) is 4.74 Å². The minimum absolute atomic E-state index is 0.0469. The van der Waals surface area contributed by atoms with Crippen LogP contribution in [-0.4, -0.2) is 33.8 Å². The van der Waals surface area contributed by atoms with Crippen LogP contribution in [0.25, 0.3) is 0 Å². The Labute approximate surface area is 122 Å². The van der Waals surface area contributed by atoms with Crippen molar-refractivity contribution in [3.63, 3.8) is 0 Å². The fraction of sp³-hybridized carbons (Fsp3) is 0.812. The number of carbonyl (C=O) groups is 1. The number of ether oxygens (including phenoxy) is 1. The highest BCUT2D eigenvalue weighted by molar-refractivity contribution is 5.69. The molecule has 20 heavy (non-hydrogen) atoms. The molecule has 0 saturated heterocycles. The van der Waals surface area contributed by atoms with Crippen LogP contribution in [0.3, 0.4) is 0 Å². The van der Waals surface area contributed by atoms with Crippen molar-refractivity contribution < 1.29 is 14.6 Å². The third-order valence-corrected chi connectivity index (χ3v) is 3.77. The van der Waals surface area contributed by atoms with Crippen LogP contribution in [0.15, 0.2) is 11.8 Å². The van der Waals surface area contributed by atoms with E-state index >= 15 is 0 Å². The lowest BCUT2D eigenvalue weighted by atomic mass is 9.83. The van der Waals surface area contributed by atoms with E-state index in [-0.39, 0.29) is 24.1 Å². The number of aliphatic hydroxyl groups is 1. The fourth-order valence-electron chi connectivity index (χ4n) is 2.71. The number of hydrogen-bond donors (Lipinski definition) is 1. The monoisotopic (exact) mass is 283 g/mol. The molecule has 1 atom stereocenters. The van der Waals surface area contributed by atoms with Crippen LogP contribution in [0.4, 0.5) is 4.79 Å². The third-order valence-electron chi connectivity index (χ3n) is 3.77. The van der Waals surface area contributed by atoms with E-state index in [1.807, 2.05) is 33.8 Å². The van der Waals surface area contributed by atoms with Crippen molar-refractivity contribution in [2.45, 2.75) is 78.5 Å². The molecule has 0 bridgehead atoms. The van der Waals surface area contributed by atoms with Crippen molar-refractivity contribution in [3.8, 4) is 0 Å². The zero-order valence-corrected chi connectivity index (χ0v) is 13.6. The lowest BCUT2D eigenvalue weighted by Crippen LogP contribution is -2.42. The highest BCUT2D eigenvalue weighted by Crippen LogP contribution is 2.31. The third kappa shape index (κ3) is 4.51. The Morgan fingerprint density at radius 3 is 2.35 bits per heavy atom. The van der Waals surface area contributed by atoms with Crippen LogP contribution in [0, 0.1) is 5.92 Å². The predicted molar refractivity (Wildman–Crippen MR) is 80.3 cm³/mol. The summed E-state index contributed by atoms with van der Waals surface area (Å²) in [6.07, 6.45) is 4.26. The Morgan fingerprint density at radius 2 is 1.90 bits per heavy atom. The summed E-state index contributed by atoms with van der Waals surface area (Å²) in [7, 11) is 0. The Morgan fingerprint density at radius 1 is 1.35 bits per heavy atom. The first-order valence-electron chi connectivity index (χ1n) is 7.56. The highest BCUT2D eigenvalue weighted by atomic mass is 16.6. The van der Waals surface area contributed by atoms with Crippen molar-refractivity contribution in [3.05, 3.63) is 11.8 Å². The number of allylic oxidation sites excluding steroid dienone is 1. The van der Waals surface area contributed by atoms with E-state index in [2.05, 4.69) is 0 Å². The van der Waals surface area contributed by atoms with Gasteiger partial charge < -0.3 is 14.7 Å². The Kier molecular flexibility index (Phi) is 5.63. The molecule has 0 saturated carbocycles. The minimum Gasteiger partial charge on any atom is -0.415 e. The summed E-state index contributed by atoms with van der Waals surface area (Å²) in [5.74, 6) is 0.741. The number of amides is 1. The second-order valence-corrected chi connectivity index (χ2v) is 6.75. The molecule has 4 nitrogen and oxygen atoms in total. The molecule has 0 spiro atoms. The Hall–Kier alpha value is -1.03. The molecule has 0 aromatic heterocycles. The molecule has 1 aliphatic rings. The van der Waals surface area contributed by atoms with Crippen molar-refractivity contribution in [2.24, 2.45) is 5.92 Å². The number of carbonyl (C=O) groups excluding carboxylic acids is 1. The van der Waals surface area contributed by atoms with Gasteiger partial charge in [-0.2, -0.15) is 0 Å². The normalized spacial score (nSPS) is 20.1. The van der Waals surface area contributed by atoms with Gasteiger partial charge in [-0.25, -0.2) is 4.79 Å². The summed E-state index contributed by atoms with van der Waals surface area (Å²) in [6, 6.07) is 0.216. The van der Waals surface area contributed by atoms with Crippen LogP contribution in [0.2, 0.25) is 0 Å². The first kappa shape index (κ1) is 17.0. The summed E-state index contributed by atoms with van der Waals surface area (Å²) in [5, 5.41) is 10.1. The van der Waals surface area contributed by atoms with Crippen LogP contribution < -0.4 is 0 Å². The average molecular weight is 283 g/mol. The summed E-state index contributed by atoms with van der Waals surface area (Å²) in [4.78, 5) is 14.0. The van der Waals surface area contributed by atoms with E-state index in [1.165, 1.54) is 0 Å². The molecule has 1 N–H and O–H groups in total. The first-order valence-corrected chi connectivity index (χ1v) is 7.56. The first-order chi connectivity index (χ1) is 9.12. The van der Waals surface area contributed by atoms with E-state index in [9.17, 15) is 9.90 Å². The van der Waals surface area contributed by atoms with E-state index in [0.29, 0.717) is 5.76 Å². The van der Waals surface area contributed by atoms with Gasteiger partial charge in [-0.05, 0) is 60.5 Å². The van der Waals surface area contributed by atoms with Gasteiger partial charge in [0.2, 0.25) is 0 Å². The van der Waals surface area contributed by atoms with E-state index in [4.69, 9.17) is 4.74 Å². The fourth-order valence-corrected chi connectivity index (χ4v) is 2.71. The standard InChI is InChI=1S/C16H29NO3/c1-11(2)17(12(3)4)15(18)20-14-9-7-8-13(10-14)16(5,6)19/h10-13,19H,7-9H2,1-6H3. The van der Waals surface area contributed by atoms with Crippen LogP contribution in [0.5, 0.6) is 0 Å². The molecule has 0 radical (unpaired) electrons. The zero-order chi connectivity index (χ0) is 15.5. The second kappa shape index (κ2) is 6.61. The topological polar surface area (TPSA) is 49.8 Å². The van der Waals surface area contributed by atoms with Gasteiger partial charge in [-0.1, -0.05) is 0 Å². The van der Waals surface area contributed by atoms with Gasteiger partial charge in [0.15, 0.2) is 0 Å². The Bertz CT molecular complexity index is 358. The largest absolute Gasteiger partial charge is 0.415 e.